The number of nitrogens with zero attached hydrogens (tertiary/aromatic N) is 2. The molecule has 0 spiro atoms. The Morgan fingerprint density at radius 1 is 1.56 bits per heavy atom. The number of nitro groups is 1. The van der Waals surface area contributed by atoms with Crippen LogP contribution < -0.4 is 0 Å². The van der Waals surface area contributed by atoms with Gasteiger partial charge in [0.2, 0.25) is 0 Å². The second-order valence-corrected chi connectivity index (χ2v) is 3.65. The van der Waals surface area contributed by atoms with Crippen molar-refractivity contribution in [3.63, 3.8) is 0 Å². The third-order valence-corrected chi connectivity index (χ3v) is 2.36. The van der Waals surface area contributed by atoms with Crippen molar-refractivity contribution in [1.29, 1.82) is 5.26 Å². The molecule has 0 radical (unpaired) electrons. The van der Waals surface area contributed by atoms with Crippen LogP contribution in [0.1, 0.15) is 23.6 Å². The number of benzene rings is 1. The topological polar surface area (TPSA) is 93.2 Å². The predicted octanol–water partition coefficient (Wildman–Crippen LogP) is 1.88. The first-order valence-electron chi connectivity index (χ1n) is 5.33. The van der Waals surface area contributed by atoms with E-state index in [2.05, 4.69) is 0 Å². The molecule has 0 aliphatic carbocycles. The molecule has 18 heavy (non-hydrogen) atoms. The van der Waals surface area contributed by atoms with Crippen LogP contribution in [-0.2, 0) is 16.0 Å². The van der Waals surface area contributed by atoms with Gasteiger partial charge in [-0.25, -0.2) is 0 Å². The van der Waals surface area contributed by atoms with Gasteiger partial charge in [0.1, 0.15) is 0 Å². The van der Waals surface area contributed by atoms with Gasteiger partial charge in [0, 0.05) is 12.1 Å². The molecule has 0 aliphatic rings. The molecular weight excluding hydrogens is 236 g/mol. The lowest BCUT2D eigenvalue weighted by Gasteiger charge is -2.06. The number of nitriles is 1. The highest BCUT2D eigenvalue weighted by atomic mass is 16.6. The molecule has 0 heterocycles. The largest absolute Gasteiger partial charge is 0.466 e. The molecule has 1 aromatic rings. The Hall–Kier alpha value is -2.42. The summed E-state index contributed by atoms with van der Waals surface area (Å²) < 4.78 is 4.77. The van der Waals surface area contributed by atoms with Crippen molar-refractivity contribution in [2.75, 3.05) is 6.61 Å². The zero-order chi connectivity index (χ0) is 13.7. The molecule has 1 rings (SSSR count). The van der Waals surface area contributed by atoms with Gasteiger partial charge in [0.25, 0.3) is 5.69 Å². The third-order valence-electron chi connectivity index (χ3n) is 2.36. The average Bonchev–Trinajstić information content (AvgIpc) is 2.28. The van der Waals surface area contributed by atoms with E-state index in [4.69, 9.17) is 10.00 Å². The first-order chi connectivity index (χ1) is 8.49. The Morgan fingerprint density at radius 2 is 2.22 bits per heavy atom. The number of carbonyl (C=O) groups excluding carboxylic acids is 1. The van der Waals surface area contributed by atoms with Crippen LogP contribution in [0.25, 0.3) is 0 Å². The maximum absolute atomic E-state index is 11.4. The number of rotatable bonds is 4. The van der Waals surface area contributed by atoms with Crippen LogP contribution in [0.5, 0.6) is 0 Å². The van der Waals surface area contributed by atoms with Crippen LogP contribution in [0.2, 0.25) is 0 Å². The number of hydrogen-bond acceptors (Lipinski definition) is 5. The number of esters is 1. The van der Waals surface area contributed by atoms with Crippen molar-refractivity contribution in [1.82, 2.24) is 0 Å². The molecule has 6 nitrogen and oxygen atoms in total. The Balaban J connectivity index is 3.19. The smallest absolute Gasteiger partial charge is 0.310 e. The van der Waals surface area contributed by atoms with Gasteiger partial charge >= 0.3 is 5.97 Å². The van der Waals surface area contributed by atoms with Crippen LogP contribution in [0.15, 0.2) is 12.1 Å². The van der Waals surface area contributed by atoms with Crippen LogP contribution in [-0.4, -0.2) is 17.5 Å². The lowest BCUT2D eigenvalue weighted by Crippen LogP contribution is -2.09. The fourth-order valence-electron chi connectivity index (χ4n) is 1.61. The highest BCUT2D eigenvalue weighted by Crippen LogP contribution is 2.22. The van der Waals surface area contributed by atoms with E-state index in [1.165, 1.54) is 12.1 Å². The first kappa shape index (κ1) is 13.6. The highest BCUT2D eigenvalue weighted by molar-refractivity contribution is 5.74. The Kier molecular flexibility index (Phi) is 4.38. The van der Waals surface area contributed by atoms with Gasteiger partial charge in [-0.3, -0.25) is 14.9 Å². The standard InChI is InChI=1S/C12H12N2O4/c1-3-18-12(15)6-9-5-10(14(16)17)4-8(2)11(9)7-13/h4-5H,3,6H2,1-2H3. The van der Waals surface area contributed by atoms with Crippen molar-refractivity contribution in [3.8, 4) is 6.07 Å². The van der Waals surface area contributed by atoms with Crippen LogP contribution >= 0.6 is 0 Å². The van der Waals surface area contributed by atoms with E-state index in [9.17, 15) is 14.9 Å². The monoisotopic (exact) mass is 248 g/mol. The molecule has 0 saturated heterocycles. The summed E-state index contributed by atoms with van der Waals surface area (Å²) in [7, 11) is 0. The van der Waals surface area contributed by atoms with Crippen LogP contribution in [0.3, 0.4) is 0 Å². The van der Waals surface area contributed by atoms with E-state index >= 15 is 0 Å². The number of ether oxygens (including phenoxy) is 1. The van der Waals surface area contributed by atoms with Crippen molar-refractivity contribution in [3.05, 3.63) is 38.9 Å². The summed E-state index contributed by atoms with van der Waals surface area (Å²) in [5, 5.41) is 19.7. The van der Waals surface area contributed by atoms with E-state index in [1.54, 1.807) is 13.8 Å². The number of nitro benzene ring substituents is 1. The van der Waals surface area contributed by atoms with Gasteiger partial charge in [-0.1, -0.05) is 0 Å². The summed E-state index contributed by atoms with van der Waals surface area (Å²) in [6.45, 7) is 3.50. The summed E-state index contributed by atoms with van der Waals surface area (Å²) in [6, 6.07) is 4.50. The van der Waals surface area contributed by atoms with Gasteiger partial charge in [-0.15, -0.1) is 0 Å². The number of carbonyl (C=O) groups is 1. The molecule has 0 bridgehead atoms. The molecule has 0 aromatic heterocycles. The molecular formula is C12H12N2O4. The fraction of sp³-hybridized carbons (Fsp3) is 0.333. The Bertz CT molecular complexity index is 532. The minimum Gasteiger partial charge on any atom is -0.466 e. The molecule has 0 saturated carbocycles. The van der Waals surface area contributed by atoms with E-state index in [0.717, 1.165) is 0 Å². The summed E-state index contributed by atoms with van der Waals surface area (Å²) in [5.41, 5.74) is 0.952. The minimum absolute atomic E-state index is 0.134. The molecule has 6 heteroatoms. The second-order valence-electron chi connectivity index (χ2n) is 3.65. The SMILES string of the molecule is CCOC(=O)Cc1cc([N+](=O)[O-])cc(C)c1C#N. The third kappa shape index (κ3) is 3.04. The molecule has 0 amide bonds. The second kappa shape index (κ2) is 5.77. The van der Waals surface area contributed by atoms with Crippen molar-refractivity contribution in [2.45, 2.75) is 20.3 Å². The van der Waals surface area contributed by atoms with Crippen LogP contribution in [0.4, 0.5) is 5.69 Å². The zero-order valence-corrected chi connectivity index (χ0v) is 10.1. The minimum atomic E-state index is -0.553. The number of aryl methyl sites for hydroxylation is 1. The maximum Gasteiger partial charge on any atom is 0.310 e. The molecule has 0 fully saturated rings. The van der Waals surface area contributed by atoms with E-state index < -0.39 is 10.9 Å². The molecule has 0 aliphatic heterocycles. The van der Waals surface area contributed by atoms with Gasteiger partial charge in [-0.2, -0.15) is 5.26 Å². The lowest BCUT2D eigenvalue weighted by atomic mass is 9.99. The van der Waals surface area contributed by atoms with Gasteiger partial charge in [0.05, 0.1) is 29.6 Å². The molecule has 0 unspecified atom stereocenters. The molecule has 94 valence electrons. The first-order valence-corrected chi connectivity index (χ1v) is 5.33. The van der Waals surface area contributed by atoms with Gasteiger partial charge in [-0.05, 0) is 25.0 Å². The number of hydrogen-bond donors (Lipinski definition) is 0. The average molecular weight is 248 g/mol. The van der Waals surface area contributed by atoms with Gasteiger partial charge in [0.15, 0.2) is 0 Å². The fourth-order valence-corrected chi connectivity index (χ4v) is 1.61. The zero-order valence-electron chi connectivity index (χ0n) is 10.1. The predicted molar refractivity (Wildman–Crippen MR) is 62.9 cm³/mol. The Morgan fingerprint density at radius 3 is 2.72 bits per heavy atom. The van der Waals surface area contributed by atoms with E-state index in [0.29, 0.717) is 11.1 Å². The maximum atomic E-state index is 11.4. The van der Waals surface area contributed by atoms with Crippen molar-refractivity contribution in [2.24, 2.45) is 0 Å². The van der Waals surface area contributed by atoms with Crippen LogP contribution in [0, 0.1) is 28.4 Å². The summed E-state index contributed by atoms with van der Waals surface area (Å²) in [6.07, 6.45) is -0.140. The van der Waals surface area contributed by atoms with Crippen molar-refractivity contribution >= 4 is 11.7 Å². The van der Waals surface area contributed by atoms with Gasteiger partial charge < -0.3 is 4.74 Å². The summed E-state index contributed by atoms with van der Waals surface area (Å²) >= 11 is 0. The quantitative estimate of drug-likeness (QED) is 0.460. The summed E-state index contributed by atoms with van der Waals surface area (Å²) in [4.78, 5) is 21.5. The van der Waals surface area contributed by atoms with E-state index in [1.807, 2.05) is 6.07 Å². The Labute approximate surface area is 104 Å². The summed E-state index contributed by atoms with van der Waals surface area (Å²) in [5.74, 6) is -0.506. The number of non-ortho nitro benzene ring substituents is 1. The van der Waals surface area contributed by atoms with Crippen molar-refractivity contribution < 1.29 is 14.5 Å². The molecule has 1 aromatic carbocycles. The normalized spacial score (nSPS) is 9.61. The van der Waals surface area contributed by atoms with E-state index in [-0.39, 0.29) is 24.3 Å². The highest BCUT2D eigenvalue weighted by Gasteiger charge is 2.16. The molecule has 0 atom stereocenters. The lowest BCUT2D eigenvalue weighted by molar-refractivity contribution is -0.385. The molecule has 0 N–H and O–H groups in total.